The van der Waals surface area contributed by atoms with Gasteiger partial charge in [0.15, 0.2) is 0 Å². The maximum atomic E-state index is 12.4. The van der Waals surface area contributed by atoms with Crippen molar-refractivity contribution >= 4 is 11.9 Å². The third-order valence-corrected chi connectivity index (χ3v) is 14.0. The number of hydrogen-bond acceptors (Lipinski definition) is 4. The first-order valence-corrected chi connectivity index (χ1v) is 15.6. The summed E-state index contributed by atoms with van der Waals surface area (Å²) < 4.78 is 12.2. The van der Waals surface area contributed by atoms with Gasteiger partial charge in [-0.25, -0.2) is 0 Å². The van der Waals surface area contributed by atoms with E-state index < -0.39 is 0 Å². The van der Waals surface area contributed by atoms with Crippen molar-refractivity contribution in [2.24, 2.45) is 56.7 Å². The van der Waals surface area contributed by atoms with Crippen LogP contribution in [0.1, 0.15) is 121 Å². The predicted octanol–water partition coefficient (Wildman–Crippen LogP) is 8.14. The Morgan fingerprint density at radius 1 is 0.789 bits per heavy atom. The SMILES string of the molecule is CC(=O)OC1CCC2(C)C(CCC3(C)C2CC=C2C4C(C)C(C)CCC4(C)C(OC(C)=O)CC23C)C1(C)C. The molecule has 0 aliphatic heterocycles. The second kappa shape index (κ2) is 8.84. The molecule has 4 heteroatoms. The lowest BCUT2D eigenvalue weighted by atomic mass is 9.33. The molecule has 4 nitrogen and oxygen atoms in total. The van der Waals surface area contributed by atoms with Crippen molar-refractivity contribution in [3.63, 3.8) is 0 Å². The average Bonchev–Trinajstić information content (AvgIpc) is 2.79. The van der Waals surface area contributed by atoms with Crippen molar-refractivity contribution < 1.29 is 19.1 Å². The predicted molar refractivity (Wildman–Crippen MR) is 151 cm³/mol. The Hall–Kier alpha value is -1.32. The number of hydrogen-bond donors (Lipinski definition) is 0. The van der Waals surface area contributed by atoms with Gasteiger partial charge in [-0.05, 0) is 97.2 Å². The van der Waals surface area contributed by atoms with Crippen LogP contribution >= 0.6 is 0 Å². The highest BCUT2D eigenvalue weighted by molar-refractivity contribution is 5.66. The van der Waals surface area contributed by atoms with Gasteiger partial charge in [-0.3, -0.25) is 9.59 Å². The fourth-order valence-electron chi connectivity index (χ4n) is 11.6. The molecule has 0 aromatic heterocycles. The van der Waals surface area contributed by atoms with Crippen molar-refractivity contribution in [2.45, 2.75) is 133 Å². The van der Waals surface area contributed by atoms with E-state index in [-0.39, 0.29) is 51.2 Å². The summed E-state index contributed by atoms with van der Waals surface area (Å²) in [6.07, 6.45) is 11.5. The molecular weight excluding hydrogens is 472 g/mol. The highest BCUT2D eigenvalue weighted by Crippen LogP contribution is 2.76. The number of allylic oxidation sites excluding steroid dienone is 2. The van der Waals surface area contributed by atoms with Crippen LogP contribution in [0.3, 0.4) is 0 Å². The van der Waals surface area contributed by atoms with Crippen molar-refractivity contribution in [2.75, 3.05) is 0 Å². The number of carbonyl (C=O) groups is 2. The lowest BCUT2D eigenvalue weighted by Crippen LogP contribution is -2.67. The van der Waals surface area contributed by atoms with Gasteiger partial charge < -0.3 is 9.47 Å². The molecule has 0 saturated heterocycles. The molecule has 5 aliphatic rings. The van der Waals surface area contributed by atoms with Crippen LogP contribution in [0.5, 0.6) is 0 Å². The molecule has 0 radical (unpaired) electrons. The highest BCUT2D eigenvalue weighted by atomic mass is 16.5. The van der Waals surface area contributed by atoms with Crippen LogP contribution in [0.25, 0.3) is 0 Å². The van der Waals surface area contributed by atoms with Gasteiger partial charge in [0.2, 0.25) is 0 Å². The molecule has 11 atom stereocenters. The van der Waals surface area contributed by atoms with E-state index >= 15 is 0 Å². The van der Waals surface area contributed by atoms with E-state index in [0.29, 0.717) is 29.6 Å². The van der Waals surface area contributed by atoms with Gasteiger partial charge in [0, 0.05) is 24.7 Å². The van der Waals surface area contributed by atoms with Crippen molar-refractivity contribution in [1.82, 2.24) is 0 Å². The molecule has 4 saturated carbocycles. The minimum Gasteiger partial charge on any atom is -0.462 e. The van der Waals surface area contributed by atoms with Gasteiger partial charge in [-0.2, -0.15) is 0 Å². The van der Waals surface area contributed by atoms with Crippen LogP contribution in [0.4, 0.5) is 0 Å². The Balaban J connectivity index is 1.59. The van der Waals surface area contributed by atoms with Gasteiger partial charge in [-0.1, -0.05) is 67.0 Å². The smallest absolute Gasteiger partial charge is 0.302 e. The molecule has 5 rings (SSSR count). The third kappa shape index (κ3) is 3.66. The molecule has 0 aromatic rings. The third-order valence-electron chi connectivity index (χ3n) is 14.0. The highest BCUT2D eigenvalue weighted by Gasteiger charge is 2.70. The summed E-state index contributed by atoms with van der Waals surface area (Å²) in [5.41, 5.74) is 2.02. The topological polar surface area (TPSA) is 52.6 Å². The molecule has 0 bridgehead atoms. The normalized spacial score (nSPS) is 51.3. The second-order valence-electron chi connectivity index (χ2n) is 15.9. The summed E-state index contributed by atoms with van der Waals surface area (Å²) in [6, 6.07) is 0. The molecule has 0 N–H and O–H groups in total. The molecule has 11 unspecified atom stereocenters. The average molecular weight is 527 g/mol. The lowest BCUT2D eigenvalue weighted by Gasteiger charge is -2.72. The molecule has 0 amide bonds. The van der Waals surface area contributed by atoms with Gasteiger partial charge in [-0.15, -0.1) is 0 Å². The van der Waals surface area contributed by atoms with Crippen LogP contribution < -0.4 is 0 Å². The lowest BCUT2D eigenvalue weighted by molar-refractivity contribution is -0.224. The van der Waals surface area contributed by atoms with Crippen LogP contribution in [0.15, 0.2) is 11.6 Å². The molecule has 0 heterocycles. The summed E-state index contributed by atoms with van der Waals surface area (Å²) >= 11 is 0. The van der Waals surface area contributed by atoms with E-state index in [9.17, 15) is 9.59 Å². The molecule has 38 heavy (non-hydrogen) atoms. The molecule has 0 spiro atoms. The van der Waals surface area contributed by atoms with Crippen molar-refractivity contribution in [3.8, 4) is 0 Å². The van der Waals surface area contributed by atoms with Crippen LogP contribution in [-0.4, -0.2) is 24.1 Å². The monoisotopic (exact) mass is 526 g/mol. The van der Waals surface area contributed by atoms with E-state index in [1.165, 1.54) is 19.3 Å². The standard InChI is InChI=1S/C34H54O4/c1-20-13-16-32(8)28(38-23(4)36)19-34(10)24(29(32)21(20)2)11-12-26-31(7)17-15-27(37-22(3)35)30(5,6)25(31)14-18-33(26,34)9/h11,20-21,25-29H,12-19H2,1-10H3. The summed E-state index contributed by atoms with van der Waals surface area (Å²) in [4.78, 5) is 24.4. The second-order valence-corrected chi connectivity index (χ2v) is 15.9. The summed E-state index contributed by atoms with van der Waals surface area (Å²) in [5.74, 6) is 2.55. The van der Waals surface area contributed by atoms with Crippen LogP contribution in [0, 0.1) is 56.7 Å². The first kappa shape index (κ1) is 28.2. The molecule has 4 fully saturated rings. The van der Waals surface area contributed by atoms with Crippen LogP contribution in [0.2, 0.25) is 0 Å². The zero-order chi connectivity index (χ0) is 28.1. The fourth-order valence-corrected chi connectivity index (χ4v) is 11.6. The number of fused-ring (bicyclic) bond motifs is 7. The number of carbonyl (C=O) groups excluding carboxylic acids is 2. The Bertz CT molecular complexity index is 1030. The number of rotatable bonds is 2. The Morgan fingerprint density at radius 2 is 1.39 bits per heavy atom. The van der Waals surface area contributed by atoms with Gasteiger partial charge in [0.1, 0.15) is 12.2 Å². The maximum absolute atomic E-state index is 12.4. The van der Waals surface area contributed by atoms with Gasteiger partial charge >= 0.3 is 11.9 Å². The van der Waals surface area contributed by atoms with E-state index in [1.807, 2.05) is 0 Å². The minimum atomic E-state index is -0.150. The van der Waals surface area contributed by atoms with E-state index in [4.69, 9.17) is 9.47 Å². The summed E-state index contributed by atoms with van der Waals surface area (Å²) in [6.45, 7) is 22.9. The van der Waals surface area contributed by atoms with Gasteiger partial charge in [0.05, 0.1) is 0 Å². The minimum absolute atomic E-state index is 0.000947. The Labute approximate surface area is 232 Å². The summed E-state index contributed by atoms with van der Waals surface area (Å²) in [7, 11) is 0. The number of esters is 2. The Kier molecular flexibility index (Phi) is 6.56. The first-order valence-electron chi connectivity index (χ1n) is 15.6. The molecule has 5 aliphatic carbocycles. The molecule has 214 valence electrons. The quantitative estimate of drug-likeness (QED) is 0.269. The first-order chi connectivity index (χ1) is 17.5. The van der Waals surface area contributed by atoms with Crippen LogP contribution in [-0.2, 0) is 19.1 Å². The number of ether oxygens (including phenoxy) is 2. The van der Waals surface area contributed by atoms with E-state index in [2.05, 4.69) is 61.5 Å². The van der Waals surface area contributed by atoms with E-state index in [1.54, 1.807) is 19.4 Å². The van der Waals surface area contributed by atoms with Crippen molar-refractivity contribution in [3.05, 3.63) is 11.6 Å². The van der Waals surface area contributed by atoms with Gasteiger partial charge in [0.25, 0.3) is 0 Å². The Morgan fingerprint density at radius 3 is 2.03 bits per heavy atom. The molecular formula is C34H54O4. The van der Waals surface area contributed by atoms with E-state index in [0.717, 1.165) is 32.1 Å². The molecule has 0 aromatic carbocycles. The van der Waals surface area contributed by atoms with Crippen molar-refractivity contribution in [1.29, 1.82) is 0 Å². The maximum Gasteiger partial charge on any atom is 0.302 e. The zero-order valence-corrected chi connectivity index (χ0v) is 25.9. The fraction of sp³-hybridized carbons (Fsp3) is 0.882. The largest absolute Gasteiger partial charge is 0.462 e. The zero-order valence-electron chi connectivity index (χ0n) is 25.9. The summed E-state index contributed by atoms with van der Waals surface area (Å²) in [5, 5.41) is 0.